The van der Waals surface area contributed by atoms with Gasteiger partial charge >= 0.3 is 0 Å². The topological polar surface area (TPSA) is 18.5 Å². The first-order valence-electron chi connectivity index (χ1n) is 9.10. The van der Waals surface area contributed by atoms with E-state index in [9.17, 15) is 0 Å². The molecule has 1 heterocycles. The van der Waals surface area contributed by atoms with E-state index in [0.717, 1.165) is 30.8 Å². The lowest BCUT2D eigenvalue weighted by Crippen LogP contribution is -2.33. The van der Waals surface area contributed by atoms with Gasteiger partial charge in [-0.15, -0.1) is 0 Å². The molecule has 0 N–H and O–H groups in total. The zero-order chi connectivity index (χ0) is 15.4. The Hall–Kier alpha value is -1.02. The van der Waals surface area contributed by atoms with Crippen molar-refractivity contribution in [3.05, 3.63) is 29.8 Å². The molecule has 2 nitrogen and oxygen atoms in total. The second-order valence-corrected chi connectivity index (χ2v) is 7.17. The SMILES string of the molecule is CCOc1ccc(C2CCC(C3CCC(C)CC3)OC2)cc1. The second-order valence-electron chi connectivity index (χ2n) is 7.17. The lowest BCUT2D eigenvalue weighted by Gasteiger charge is -2.37. The van der Waals surface area contributed by atoms with E-state index in [1.807, 2.05) is 6.92 Å². The van der Waals surface area contributed by atoms with Crippen LogP contribution in [0.5, 0.6) is 5.75 Å². The molecule has 0 spiro atoms. The summed E-state index contributed by atoms with van der Waals surface area (Å²) in [5.74, 6) is 3.28. The van der Waals surface area contributed by atoms with Gasteiger partial charge in [0.15, 0.2) is 0 Å². The highest BCUT2D eigenvalue weighted by Gasteiger charge is 2.31. The summed E-state index contributed by atoms with van der Waals surface area (Å²) < 4.78 is 11.8. The van der Waals surface area contributed by atoms with E-state index in [-0.39, 0.29) is 0 Å². The van der Waals surface area contributed by atoms with E-state index in [1.165, 1.54) is 44.1 Å². The molecule has 0 amide bonds. The van der Waals surface area contributed by atoms with E-state index in [0.29, 0.717) is 12.0 Å². The molecule has 1 aromatic carbocycles. The van der Waals surface area contributed by atoms with Crippen molar-refractivity contribution in [3.63, 3.8) is 0 Å². The maximum Gasteiger partial charge on any atom is 0.119 e. The zero-order valence-electron chi connectivity index (χ0n) is 14.1. The molecule has 1 saturated carbocycles. The molecule has 2 heteroatoms. The summed E-state index contributed by atoms with van der Waals surface area (Å²) in [7, 11) is 0. The van der Waals surface area contributed by atoms with Crippen molar-refractivity contribution < 1.29 is 9.47 Å². The van der Waals surface area contributed by atoms with Gasteiger partial charge in [-0.25, -0.2) is 0 Å². The average Bonchev–Trinajstić information content (AvgIpc) is 2.57. The van der Waals surface area contributed by atoms with Gasteiger partial charge in [0.05, 0.1) is 19.3 Å². The molecular formula is C20H30O2. The van der Waals surface area contributed by atoms with Crippen LogP contribution in [0.4, 0.5) is 0 Å². The van der Waals surface area contributed by atoms with Gasteiger partial charge < -0.3 is 9.47 Å². The van der Waals surface area contributed by atoms with E-state index in [4.69, 9.17) is 9.47 Å². The Balaban J connectivity index is 1.50. The van der Waals surface area contributed by atoms with Crippen LogP contribution in [0.1, 0.15) is 63.9 Å². The van der Waals surface area contributed by atoms with Crippen LogP contribution >= 0.6 is 0 Å². The Bertz CT molecular complexity index is 437. The minimum Gasteiger partial charge on any atom is -0.494 e. The van der Waals surface area contributed by atoms with Crippen LogP contribution < -0.4 is 4.74 Å². The fraction of sp³-hybridized carbons (Fsp3) is 0.700. The van der Waals surface area contributed by atoms with Crippen LogP contribution in [0.15, 0.2) is 24.3 Å². The predicted molar refractivity (Wildman–Crippen MR) is 90.4 cm³/mol. The molecule has 0 aromatic heterocycles. The normalized spacial score (nSPS) is 32.6. The summed E-state index contributed by atoms with van der Waals surface area (Å²) in [6, 6.07) is 8.60. The number of hydrogen-bond donors (Lipinski definition) is 0. The molecule has 0 bridgehead atoms. The largest absolute Gasteiger partial charge is 0.494 e. The zero-order valence-corrected chi connectivity index (χ0v) is 14.1. The van der Waals surface area contributed by atoms with Crippen molar-refractivity contribution in [1.82, 2.24) is 0 Å². The standard InChI is InChI=1S/C20H30O2/c1-3-21-19-11-8-16(9-12-19)18-10-13-20(22-14-18)17-6-4-15(2)5-7-17/h8-9,11-12,15,17-18,20H,3-7,10,13-14H2,1-2H3. The molecule has 0 radical (unpaired) electrons. The van der Waals surface area contributed by atoms with Crippen LogP contribution in [0.2, 0.25) is 0 Å². The lowest BCUT2D eigenvalue weighted by molar-refractivity contribution is -0.0427. The molecule has 1 aromatic rings. The van der Waals surface area contributed by atoms with Gasteiger partial charge in [0.2, 0.25) is 0 Å². The maximum atomic E-state index is 6.27. The molecule has 2 aliphatic rings. The Labute approximate surface area is 135 Å². The van der Waals surface area contributed by atoms with Gasteiger partial charge in [-0.05, 0) is 62.1 Å². The second kappa shape index (κ2) is 7.50. The molecule has 1 saturated heterocycles. The van der Waals surface area contributed by atoms with Gasteiger partial charge in [0.25, 0.3) is 0 Å². The summed E-state index contributed by atoms with van der Waals surface area (Å²) in [5.41, 5.74) is 1.40. The first kappa shape index (κ1) is 15.9. The summed E-state index contributed by atoms with van der Waals surface area (Å²) in [6.45, 7) is 6.03. The molecular weight excluding hydrogens is 272 g/mol. The molecule has 1 aliphatic heterocycles. The summed E-state index contributed by atoms with van der Waals surface area (Å²) in [4.78, 5) is 0. The van der Waals surface area contributed by atoms with Crippen molar-refractivity contribution in [1.29, 1.82) is 0 Å². The molecule has 2 fully saturated rings. The highest BCUT2D eigenvalue weighted by atomic mass is 16.5. The fourth-order valence-electron chi connectivity index (χ4n) is 4.07. The maximum absolute atomic E-state index is 6.27. The molecule has 3 rings (SSSR count). The highest BCUT2D eigenvalue weighted by Crippen LogP contribution is 2.37. The van der Waals surface area contributed by atoms with Gasteiger partial charge in [-0.1, -0.05) is 31.9 Å². The average molecular weight is 302 g/mol. The van der Waals surface area contributed by atoms with Gasteiger partial charge in [0, 0.05) is 5.92 Å². The Morgan fingerprint density at radius 1 is 1.00 bits per heavy atom. The van der Waals surface area contributed by atoms with Gasteiger partial charge in [-0.2, -0.15) is 0 Å². The van der Waals surface area contributed by atoms with Crippen molar-refractivity contribution in [2.45, 2.75) is 64.4 Å². The lowest BCUT2D eigenvalue weighted by atomic mass is 9.77. The first-order valence-corrected chi connectivity index (χ1v) is 9.10. The number of rotatable bonds is 4. The third-order valence-corrected chi connectivity index (χ3v) is 5.56. The van der Waals surface area contributed by atoms with Crippen LogP contribution in [0, 0.1) is 11.8 Å². The first-order chi connectivity index (χ1) is 10.8. The molecule has 1 aliphatic carbocycles. The van der Waals surface area contributed by atoms with Crippen molar-refractivity contribution in [2.75, 3.05) is 13.2 Å². The Kier molecular flexibility index (Phi) is 5.41. The van der Waals surface area contributed by atoms with Crippen LogP contribution in [0.3, 0.4) is 0 Å². The number of hydrogen-bond acceptors (Lipinski definition) is 2. The summed E-state index contributed by atoms with van der Waals surface area (Å²) >= 11 is 0. The van der Waals surface area contributed by atoms with Crippen molar-refractivity contribution in [2.24, 2.45) is 11.8 Å². The fourth-order valence-corrected chi connectivity index (χ4v) is 4.07. The molecule has 2 atom stereocenters. The molecule has 2 unspecified atom stereocenters. The van der Waals surface area contributed by atoms with Crippen LogP contribution in [-0.4, -0.2) is 19.3 Å². The van der Waals surface area contributed by atoms with E-state index < -0.39 is 0 Å². The summed E-state index contributed by atoms with van der Waals surface area (Å²) in [6.07, 6.45) is 8.56. The number of benzene rings is 1. The molecule has 22 heavy (non-hydrogen) atoms. The number of ether oxygens (including phenoxy) is 2. The highest BCUT2D eigenvalue weighted by molar-refractivity contribution is 5.29. The minimum atomic E-state index is 0.520. The smallest absolute Gasteiger partial charge is 0.119 e. The van der Waals surface area contributed by atoms with Crippen LogP contribution in [-0.2, 0) is 4.74 Å². The predicted octanol–water partition coefficient (Wildman–Crippen LogP) is 5.17. The monoisotopic (exact) mass is 302 g/mol. The Morgan fingerprint density at radius 2 is 1.73 bits per heavy atom. The molecule has 122 valence electrons. The quantitative estimate of drug-likeness (QED) is 0.763. The third-order valence-electron chi connectivity index (χ3n) is 5.56. The Morgan fingerprint density at radius 3 is 2.32 bits per heavy atom. The van der Waals surface area contributed by atoms with E-state index in [2.05, 4.69) is 31.2 Å². The minimum absolute atomic E-state index is 0.520. The van der Waals surface area contributed by atoms with Crippen LogP contribution in [0.25, 0.3) is 0 Å². The van der Waals surface area contributed by atoms with E-state index >= 15 is 0 Å². The van der Waals surface area contributed by atoms with E-state index in [1.54, 1.807) is 0 Å². The third kappa shape index (κ3) is 3.84. The van der Waals surface area contributed by atoms with Crippen molar-refractivity contribution in [3.8, 4) is 5.75 Å². The van der Waals surface area contributed by atoms with Gasteiger partial charge in [0.1, 0.15) is 5.75 Å². The van der Waals surface area contributed by atoms with Gasteiger partial charge in [-0.3, -0.25) is 0 Å². The van der Waals surface area contributed by atoms with Crippen molar-refractivity contribution >= 4 is 0 Å². The summed E-state index contributed by atoms with van der Waals surface area (Å²) in [5, 5.41) is 0.